The maximum Gasteiger partial charge on any atom is 0.310 e. The molecule has 0 bridgehead atoms. The Morgan fingerprint density at radius 1 is 1.50 bits per heavy atom. The van der Waals surface area contributed by atoms with Gasteiger partial charge < -0.3 is 4.74 Å². The molecule has 0 amide bonds. The Labute approximate surface area is 80.5 Å². The van der Waals surface area contributed by atoms with Crippen LogP contribution in [0, 0.1) is 10.1 Å². The molecule has 1 rings (SSSR count). The average molecular weight is 194 g/mol. The van der Waals surface area contributed by atoms with E-state index in [1.54, 1.807) is 12.4 Å². The quantitative estimate of drug-likeness (QED) is 0.537. The highest BCUT2D eigenvalue weighted by Gasteiger charge is 2.15. The smallest absolute Gasteiger partial charge is 0.310 e. The second kappa shape index (κ2) is 4.36. The van der Waals surface area contributed by atoms with E-state index in [0.29, 0.717) is 0 Å². The Morgan fingerprint density at radius 3 is 2.71 bits per heavy atom. The van der Waals surface area contributed by atoms with Crippen LogP contribution in [0.5, 0.6) is 5.75 Å². The molecule has 1 atom stereocenters. The van der Waals surface area contributed by atoms with Crippen molar-refractivity contribution in [1.29, 1.82) is 0 Å². The zero-order valence-corrected chi connectivity index (χ0v) is 7.47. The molecule has 0 spiro atoms. The fourth-order valence-electron chi connectivity index (χ4n) is 0.922. The van der Waals surface area contributed by atoms with E-state index in [1.807, 2.05) is 0 Å². The second-order valence-electron chi connectivity index (χ2n) is 2.60. The molecule has 1 aromatic carbocycles. The largest absolute Gasteiger partial charge is 0.475 e. The van der Waals surface area contributed by atoms with E-state index in [2.05, 4.69) is 0 Å². The van der Waals surface area contributed by atoms with Crippen LogP contribution < -0.4 is 4.74 Å². The molecule has 5 nitrogen and oxygen atoms in total. The van der Waals surface area contributed by atoms with Gasteiger partial charge in [0.1, 0.15) is 0 Å². The predicted molar refractivity (Wildman–Crippen MR) is 48.9 cm³/mol. The molecule has 0 aliphatic rings. The minimum atomic E-state index is -0.809. The van der Waals surface area contributed by atoms with Crippen LogP contribution in [0.1, 0.15) is 6.92 Å². The van der Waals surface area contributed by atoms with Crippen LogP contribution in [0.25, 0.3) is 0 Å². The summed E-state index contributed by atoms with van der Waals surface area (Å²) in [7, 11) is 0. The van der Waals surface area contributed by atoms with Crippen molar-refractivity contribution in [2.45, 2.75) is 13.0 Å². The van der Waals surface area contributed by atoms with E-state index in [1.165, 1.54) is 25.1 Å². The van der Waals surface area contributed by atoms with Gasteiger partial charge in [0.05, 0.1) is 4.92 Å². The van der Waals surface area contributed by atoms with E-state index in [0.717, 1.165) is 0 Å². The van der Waals surface area contributed by atoms with Gasteiger partial charge in [-0.1, -0.05) is 12.1 Å². The molecule has 0 aliphatic heterocycles. The summed E-state index contributed by atoms with van der Waals surface area (Å²) in [6, 6.07) is 5.87. The van der Waals surface area contributed by atoms with Gasteiger partial charge in [0.15, 0.2) is 11.9 Å². The summed E-state index contributed by atoms with van der Waals surface area (Å²) >= 11 is 0. The topological polar surface area (TPSA) is 69.4 Å². The normalized spacial score (nSPS) is 11.8. The van der Waals surface area contributed by atoms with Crippen LogP contribution in [0.2, 0.25) is 0 Å². The lowest BCUT2D eigenvalue weighted by Gasteiger charge is -2.07. The molecular weight excluding hydrogens is 186 g/mol. The third-order valence-corrected chi connectivity index (χ3v) is 1.53. The maximum atomic E-state index is 10.5. The summed E-state index contributed by atoms with van der Waals surface area (Å²) in [5.41, 5.74) is -0.158. The van der Waals surface area contributed by atoms with Gasteiger partial charge in [-0.3, -0.25) is 14.9 Å². The summed E-state index contributed by atoms with van der Waals surface area (Å²) in [4.78, 5) is 20.1. The number of benzene rings is 1. The molecule has 1 unspecified atom stereocenters. The number of carbonyl (C=O) groups excluding carboxylic acids is 1. The first-order chi connectivity index (χ1) is 6.65. The number of hydrogen-bond donors (Lipinski definition) is 0. The van der Waals surface area contributed by atoms with Gasteiger partial charge in [-0.25, -0.2) is 0 Å². The number of hydrogen-bond acceptors (Lipinski definition) is 4. The van der Waals surface area contributed by atoms with Gasteiger partial charge in [0, 0.05) is 6.07 Å². The van der Waals surface area contributed by atoms with Crippen LogP contribution >= 0.6 is 0 Å². The van der Waals surface area contributed by atoms with E-state index in [4.69, 9.17) is 4.74 Å². The van der Waals surface area contributed by atoms with Gasteiger partial charge in [0.25, 0.3) is 0 Å². The Bertz CT molecular complexity index is 350. The van der Waals surface area contributed by atoms with Gasteiger partial charge in [-0.15, -0.1) is 0 Å². The number of para-hydroxylation sites is 2. The highest BCUT2D eigenvalue weighted by molar-refractivity contribution is 5.58. The van der Waals surface area contributed by atoms with Crippen molar-refractivity contribution in [2.24, 2.45) is 0 Å². The Hall–Kier alpha value is -1.91. The van der Waals surface area contributed by atoms with E-state index < -0.39 is 11.0 Å². The van der Waals surface area contributed by atoms with Crippen LogP contribution in [0.3, 0.4) is 0 Å². The van der Waals surface area contributed by atoms with Crippen molar-refractivity contribution in [3.63, 3.8) is 0 Å². The SMILES string of the molecule is CC([C]=O)Oc1ccccc1[N+](=O)[O-]. The molecule has 5 heteroatoms. The highest BCUT2D eigenvalue weighted by atomic mass is 16.6. The average Bonchev–Trinajstić information content (AvgIpc) is 2.18. The van der Waals surface area contributed by atoms with Gasteiger partial charge in [-0.2, -0.15) is 0 Å². The van der Waals surface area contributed by atoms with Crippen molar-refractivity contribution in [3.8, 4) is 5.75 Å². The van der Waals surface area contributed by atoms with E-state index >= 15 is 0 Å². The van der Waals surface area contributed by atoms with Crippen LogP contribution in [0.15, 0.2) is 24.3 Å². The third-order valence-electron chi connectivity index (χ3n) is 1.53. The number of nitro groups is 1. The first-order valence-electron chi connectivity index (χ1n) is 3.93. The van der Waals surface area contributed by atoms with Crippen molar-refractivity contribution < 1.29 is 14.5 Å². The molecule has 0 heterocycles. The lowest BCUT2D eigenvalue weighted by molar-refractivity contribution is -0.386. The Balaban J connectivity index is 2.95. The minimum Gasteiger partial charge on any atom is -0.475 e. The van der Waals surface area contributed by atoms with Gasteiger partial charge in [-0.05, 0) is 13.0 Å². The molecule has 0 aliphatic carbocycles. The molecule has 73 valence electrons. The monoisotopic (exact) mass is 194 g/mol. The van der Waals surface area contributed by atoms with Crippen LogP contribution in [-0.4, -0.2) is 17.3 Å². The Kier molecular flexibility index (Phi) is 3.17. The molecule has 0 fully saturated rings. The first-order valence-corrected chi connectivity index (χ1v) is 3.93. The minimum absolute atomic E-state index is 0.0772. The van der Waals surface area contributed by atoms with Crippen LogP contribution in [0.4, 0.5) is 5.69 Å². The molecular formula is C9H8NO4. The summed E-state index contributed by atoms with van der Waals surface area (Å²) in [6.45, 7) is 1.46. The van der Waals surface area contributed by atoms with Crippen molar-refractivity contribution in [2.75, 3.05) is 0 Å². The molecule has 1 radical (unpaired) electrons. The van der Waals surface area contributed by atoms with Crippen molar-refractivity contribution in [3.05, 3.63) is 34.4 Å². The number of nitrogens with zero attached hydrogens (tertiary/aromatic N) is 1. The fourth-order valence-corrected chi connectivity index (χ4v) is 0.922. The van der Waals surface area contributed by atoms with Crippen molar-refractivity contribution >= 4 is 12.0 Å². The highest BCUT2D eigenvalue weighted by Crippen LogP contribution is 2.26. The van der Waals surface area contributed by atoms with Crippen molar-refractivity contribution in [1.82, 2.24) is 0 Å². The number of rotatable bonds is 4. The fraction of sp³-hybridized carbons (Fsp3) is 0.222. The summed E-state index contributed by atoms with van der Waals surface area (Å²) in [6.07, 6.45) is 0.776. The second-order valence-corrected chi connectivity index (χ2v) is 2.60. The zero-order chi connectivity index (χ0) is 10.6. The number of ether oxygens (including phenoxy) is 1. The molecule has 0 N–H and O–H groups in total. The lowest BCUT2D eigenvalue weighted by Crippen LogP contribution is -2.13. The lowest BCUT2D eigenvalue weighted by atomic mass is 10.3. The summed E-state index contributed by atoms with van der Waals surface area (Å²) < 4.78 is 4.99. The summed E-state index contributed by atoms with van der Waals surface area (Å²) in [5.74, 6) is 0.0772. The standard InChI is InChI=1S/C9H8NO4/c1-7(6-11)14-9-5-3-2-4-8(9)10(12)13/h2-5,7H,1H3. The molecule has 0 saturated heterocycles. The number of nitro benzene ring substituents is 1. The van der Waals surface area contributed by atoms with Gasteiger partial charge >= 0.3 is 5.69 Å². The first kappa shape index (κ1) is 10.2. The zero-order valence-electron chi connectivity index (χ0n) is 7.47. The van der Waals surface area contributed by atoms with Crippen LogP contribution in [-0.2, 0) is 4.79 Å². The predicted octanol–water partition coefficient (Wildman–Crippen LogP) is 1.47. The molecule has 14 heavy (non-hydrogen) atoms. The van der Waals surface area contributed by atoms with Gasteiger partial charge in [0.2, 0.25) is 6.29 Å². The maximum absolute atomic E-state index is 10.5. The Morgan fingerprint density at radius 2 is 2.14 bits per heavy atom. The molecule has 1 aromatic rings. The third kappa shape index (κ3) is 2.29. The molecule has 0 saturated carbocycles. The van der Waals surface area contributed by atoms with E-state index in [9.17, 15) is 14.9 Å². The summed E-state index contributed by atoms with van der Waals surface area (Å²) in [5, 5.41) is 10.5. The molecule has 0 aromatic heterocycles. The van der Waals surface area contributed by atoms with E-state index in [-0.39, 0.29) is 11.4 Å².